The summed E-state index contributed by atoms with van der Waals surface area (Å²) < 4.78 is 0. The van der Waals surface area contributed by atoms with Crippen molar-refractivity contribution in [3.05, 3.63) is 23.8 Å². The van der Waals surface area contributed by atoms with Crippen LogP contribution in [0.15, 0.2) is 18.2 Å². The lowest BCUT2D eigenvalue weighted by molar-refractivity contribution is 0.914. The number of thioether (sulfide) groups is 1. The molecule has 0 aromatic heterocycles. The van der Waals surface area contributed by atoms with Gasteiger partial charge in [-0.15, -0.1) is 0 Å². The number of benzene rings is 1. The van der Waals surface area contributed by atoms with Gasteiger partial charge in [0, 0.05) is 23.2 Å². The maximum absolute atomic E-state index is 5.76. The smallest absolute Gasteiger partial charge is 0.0365 e. The summed E-state index contributed by atoms with van der Waals surface area (Å²) in [5.74, 6) is 1.11. The summed E-state index contributed by atoms with van der Waals surface area (Å²) in [4.78, 5) is 0. The van der Waals surface area contributed by atoms with Gasteiger partial charge in [-0.2, -0.15) is 11.8 Å². The second-order valence-electron chi connectivity index (χ2n) is 3.63. The summed E-state index contributed by atoms with van der Waals surface area (Å²) in [6, 6.07) is 6.55. The molecule has 0 saturated carbocycles. The predicted molar refractivity (Wildman–Crippen MR) is 67.1 cm³/mol. The largest absolute Gasteiger partial charge is 0.399 e. The topological polar surface area (TPSA) is 38.0 Å². The molecule has 14 heavy (non-hydrogen) atoms. The van der Waals surface area contributed by atoms with Crippen LogP contribution in [0.1, 0.15) is 12.5 Å². The molecule has 78 valence electrons. The van der Waals surface area contributed by atoms with E-state index in [4.69, 9.17) is 5.73 Å². The molecule has 2 nitrogen and oxygen atoms in total. The minimum Gasteiger partial charge on any atom is -0.399 e. The van der Waals surface area contributed by atoms with Crippen molar-refractivity contribution < 1.29 is 0 Å². The molecule has 0 heterocycles. The van der Waals surface area contributed by atoms with Gasteiger partial charge in [-0.1, -0.05) is 0 Å². The van der Waals surface area contributed by atoms with Gasteiger partial charge in [0.05, 0.1) is 0 Å². The Morgan fingerprint density at radius 1 is 1.43 bits per heavy atom. The zero-order valence-electron chi connectivity index (χ0n) is 9.00. The van der Waals surface area contributed by atoms with Crippen LogP contribution in [0.5, 0.6) is 0 Å². The lowest BCUT2D eigenvalue weighted by Gasteiger charge is -2.14. The Morgan fingerprint density at radius 2 is 2.14 bits per heavy atom. The number of nitrogens with two attached hydrogens (primary N) is 1. The van der Waals surface area contributed by atoms with Crippen molar-refractivity contribution in [2.24, 2.45) is 0 Å². The van der Waals surface area contributed by atoms with Gasteiger partial charge in [0.2, 0.25) is 0 Å². The van der Waals surface area contributed by atoms with Crippen LogP contribution in [0.3, 0.4) is 0 Å². The Hall–Kier alpha value is -0.830. The molecule has 1 atom stereocenters. The molecule has 0 aliphatic rings. The molecule has 0 aliphatic carbocycles. The van der Waals surface area contributed by atoms with Gasteiger partial charge >= 0.3 is 0 Å². The highest BCUT2D eigenvalue weighted by molar-refractivity contribution is 7.98. The Labute approximate surface area is 90.3 Å². The number of nitrogen functional groups attached to an aromatic ring is 1. The van der Waals surface area contributed by atoms with Crippen LogP contribution in [0, 0.1) is 6.92 Å². The second kappa shape index (κ2) is 5.15. The second-order valence-corrected chi connectivity index (χ2v) is 4.54. The van der Waals surface area contributed by atoms with E-state index in [1.165, 1.54) is 5.56 Å². The molecule has 0 radical (unpaired) electrons. The Morgan fingerprint density at radius 3 is 2.71 bits per heavy atom. The number of nitrogens with one attached hydrogen (secondary N) is 1. The lowest BCUT2D eigenvalue weighted by atomic mass is 10.2. The molecule has 0 fully saturated rings. The van der Waals surface area contributed by atoms with E-state index in [1.54, 1.807) is 0 Å². The summed E-state index contributed by atoms with van der Waals surface area (Å²) in [5.41, 5.74) is 8.90. The van der Waals surface area contributed by atoms with E-state index in [-0.39, 0.29) is 0 Å². The molecule has 1 rings (SSSR count). The summed E-state index contributed by atoms with van der Waals surface area (Å²) in [7, 11) is 0. The first-order chi connectivity index (χ1) is 6.61. The summed E-state index contributed by atoms with van der Waals surface area (Å²) in [5, 5.41) is 3.42. The minimum atomic E-state index is 0.478. The third-order valence-electron chi connectivity index (χ3n) is 1.93. The first-order valence-electron chi connectivity index (χ1n) is 4.74. The van der Waals surface area contributed by atoms with Crippen molar-refractivity contribution in [1.82, 2.24) is 0 Å². The maximum Gasteiger partial charge on any atom is 0.0365 e. The number of aryl methyl sites for hydroxylation is 1. The summed E-state index contributed by atoms with van der Waals surface area (Å²) in [6.07, 6.45) is 2.11. The van der Waals surface area contributed by atoms with Crippen LogP contribution in [0.2, 0.25) is 0 Å². The molecule has 1 aromatic rings. The third-order valence-corrected chi connectivity index (χ3v) is 2.76. The maximum atomic E-state index is 5.76. The molecule has 1 aromatic carbocycles. The minimum absolute atomic E-state index is 0.478. The SMILES string of the molecule is CSCC(C)Nc1cc(C)cc(N)c1. The highest BCUT2D eigenvalue weighted by Crippen LogP contribution is 2.17. The lowest BCUT2D eigenvalue weighted by Crippen LogP contribution is -2.17. The van der Waals surface area contributed by atoms with Gasteiger partial charge in [0.25, 0.3) is 0 Å². The highest BCUT2D eigenvalue weighted by atomic mass is 32.2. The first kappa shape index (κ1) is 11.2. The van der Waals surface area contributed by atoms with Crippen molar-refractivity contribution in [1.29, 1.82) is 0 Å². The van der Waals surface area contributed by atoms with Gasteiger partial charge in [0.1, 0.15) is 0 Å². The van der Waals surface area contributed by atoms with Crippen LogP contribution in [0.4, 0.5) is 11.4 Å². The van der Waals surface area contributed by atoms with E-state index in [9.17, 15) is 0 Å². The van der Waals surface area contributed by atoms with E-state index in [0.717, 1.165) is 17.1 Å². The van der Waals surface area contributed by atoms with E-state index in [1.807, 2.05) is 23.9 Å². The van der Waals surface area contributed by atoms with Crippen molar-refractivity contribution in [3.63, 3.8) is 0 Å². The monoisotopic (exact) mass is 210 g/mol. The zero-order chi connectivity index (χ0) is 10.6. The van der Waals surface area contributed by atoms with Crippen LogP contribution in [0.25, 0.3) is 0 Å². The van der Waals surface area contributed by atoms with Crippen LogP contribution in [-0.4, -0.2) is 18.1 Å². The van der Waals surface area contributed by atoms with Gasteiger partial charge in [-0.3, -0.25) is 0 Å². The van der Waals surface area contributed by atoms with Crippen molar-refractivity contribution in [2.45, 2.75) is 19.9 Å². The van der Waals surface area contributed by atoms with Crippen LogP contribution >= 0.6 is 11.8 Å². The predicted octanol–water partition coefficient (Wildman–Crippen LogP) is 2.74. The normalized spacial score (nSPS) is 12.5. The van der Waals surface area contributed by atoms with Gasteiger partial charge in [-0.25, -0.2) is 0 Å². The van der Waals surface area contributed by atoms with Gasteiger partial charge < -0.3 is 11.1 Å². The van der Waals surface area contributed by atoms with Crippen molar-refractivity contribution in [2.75, 3.05) is 23.1 Å². The fourth-order valence-electron chi connectivity index (χ4n) is 1.47. The van der Waals surface area contributed by atoms with E-state index in [0.29, 0.717) is 6.04 Å². The molecule has 3 N–H and O–H groups in total. The molecule has 1 unspecified atom stereocenters. The molecule has 3 heteroatoms. The van der Waals surface area contributed by atoms with Crippen molar-refractivity contribution >= 4 is 23.1 Å². The average molecular weight is 210 g/mol. The summed E-state index contributed by atoms with van der Waals surface area (Å²) >= 11 is 1.84. The first-order valence-corrected chi connectivity index (χ1v) is 6.14. The Balaban J connectivity index is 2.66. The van der Waals surface area contributed by atoms with E-state index in [2.05, 4.69) is 31.5 Å². The number of hydrogen-bond acceptors (Lipinski definition) is 3. The summed E-state index contributed by atoms with van der Waals surface area (Å²) in [6.45, 7) is 4.23. The molecular weight excluding hydrogens is 192 g/mol. The Kier molecular flexibility index (Phi) is 4.14. The molecule has 0 bridgehead atoms. The molecule has 0 spiro atoms. The van der Waals surface area contributed by atoms with Crippen molar-refractivity contribution in [3.8, 4) is 0 Å². The van der Waals surface area contributed by atoms with Gasteiger partial charge in [0.15, 0.2) is 0 Å². The highest BCUT2D eigenvalue weighted by Gasteiger charge is 2.01. The number of rotatable bonds is 4. The Bertz CT molecular complexity index is 279. The molecule has 0 aliphatic heterocycles. The fraction of sp³-hybridized carbons (Fsp3) is 0.455. The fourth-order valence-corrected chi connectivity index (χ4v) is 2.06. The average Bonchev–Trinajstić information content (AvgIpc) is 2.01. The number of hydrogen-bond donors (Lipinski definition) is 2. The molecular formula is C11H18N2S. The number of anilines is 2. The van der Waals surface area contributed by atoms with Crippen LogP contribution < -0.4 is 11.1 Å². The van der Waals surface area contributed by atoms with Gasteiger partial charge in [-0.05, 0) is 43.9 Å². The third kappa shape index (κ3) is 3.50. The molecule has 0 amide bonds. The molecule has 0 saturated heterocycles. The van der Waals surface area contributed by atoms with Crippen LogP contribution in [-0.2, 0) is 0 Å². The van der Waals surface area contributed by atoms with E-state index < -0.39 is 0 Å². The van der Waals surface area contributed by atoms with E-state index >= 15 is 0 Å². The quantitative estimate of drug-likeness (QED) is 0.750. The standard InChI is InChI=1S/C11H18N2S/c1-8-4-10(12)6-11(5-8)13-9(2)7-14-3/h4-6,9,13H,7,12H2,1-3H3. The zero-order valence-corrected chi connectivity index (χ0v) is 9.82.